The fourth-order valence-corrected chi connectivity index (χ4v) is 1.52. The van der Waals surface area contributed by atoms with Crippen LogP contribution in [0.1, 0.15) is 6.42 Å². The standard InChI is InChI=1S/C12H15N3O5/c1-3-4-8(11(18)19)13-9(16)7-15-6-5-10(17)14(2)12(15)20/h3,5-6,8H,1,4,7H2,2H3,(H,13,16)(H,18,19). The van der Waals surface area contributed by atoms with Gasteiger partial charge < -0.3 is 10.4 Å². The van der Waals surface area contributed by atoms with Crippen molar-refractivity contribution in [2.75, 3.05) is 0 Å². The summed E-state index contributed by atoms with van der Waals surface area (Å²) in [6.45, 7) is 3.03. The lowest BCUT2D eigenvalue weighted by Crippen LogP contribution is -2.45. The Bertz CT molecular complexity index is 643. The van der Waals surface area contributed by atoms with E-state index < -0.39 is 29.2 Å². The van der Waals surface area contributed by atoms with Crippen LogP contribution in [0.25, 0.3) is 0 Å². The van der Waals surface area contributed by atoms with Gasteiger partial charge in [-0.15, -0.1) is 6.58 Å². The molecule has 1 amide bonds. The number of carboxylic acid groups (broad SMARTS) is 1. The second-order valence-corrected chi connectivity index (χ2v) is 4.11. The zero-order valence-electron chi connectivity index (χ0n) is 10.9. The molecule has 0 aliphatic rings. The third-order valence-corrected chi connectivity index (χ3v) is 2.61. The van der Waals surface area contributed by atoms with Gasteiger partial charge in [0.2, 0.25) is 5.91 Å². The van der Waals surface area contributed by atoms with Crippen molar-refractivity contribution in [2.45, 2.75) is 19.0 Å². The van der Waals surface area contributed by atoms with Crippen LogP contribution >= 0.6 is 0 Å². The summed E-state index contributed by atoms with van der Waals surface area (Å²) in [4.78, 5) is 45.4. The largest absolute Gasteiger partial charge is 0.480 e. The molecule has 108 valence electrons. The first-order valence-electron chi connectivity index (χ1n) is 5.76. The number of hydrogen-bond acceptors (Lipinski definition) is 4. The van der Waals surface area contributed by atoms with Crippen LogP contribution in [-0.2, 0) is 23.2 Å². The van der Waals surface area contributed by atoms with E-state index in [0.717, 1.165) is 15.2 Å². The summed E-state index contributed by atoms with van der Waals surface area (Å²) in [5.74, 6) is -1.83. The van der Waals surface area contributed by atoms with Crippen molar-refractivity contribution in [1.82, 2.24) is 14.5 Å². The minimum Gasteiger partial charge on any atom is -0.480 e. The molecule has 1 heterocycles. The molecule has 0 fully saturated rings. The summed E-state index contributed by atoms with van der Waals surface area (Å²) in [6.07, 6.45) is 2.63. The van der Waals surface area contributed by atoms with Gasteiger partial charge in [-0.3, -0.25) is 18.7 Å². The molecule has 0 aliphatic heterocycles. The normalized spacial score (nSPS) is 11.7. The first-order chi connectivity index (χ1) is 9.36. The maximum atomic E-state index is 11.7. The maximum absolute atomic E-state index is 11.7. The minimum atomic E-state index is -1.19. The van der Waals surface area contributed by atoms with Crippen LogP contribution in [0.5, 0.6) is 0 Å². The molecule has 1 aromatic heterocycles. The number of nitrogens with zero attached hydrogens (tertiary/aromatic N) is 2. The Kier molecular flexibility index (Phi) is 5.01. The molecule has 0 bridgehead atoms. The Labute approximate surface area is 114 Å². The van der Waals surface area contributed by atoms with Gasteiger partial charge in [0, 0.05) is 19.3 Å². The Balaban J connectivity index is 2.84. The van der Waals surface area contributed by atoms with Crippen LogP contribution in [0.3, 0.4) is 0 Å². The molecule has 0 aliphatic carbocycles. The first kappa shape index (κ1) is 15.4. The Morgan fingerprint density at radius 2 is 2.15 bits per heavy atom. The summed E-state index contributed by atoms with van der Waals surface area (Å²) in [7, 11) is 1.29. The monoisotopic (exact) mass is 281 g/mol. The molecule has 1 unspecified atom stereocenters. The van der Waals surface area contributed by atoms with Gasteiger partial charge in [-0.2, -0.15) is 0 Å². The molecular formula is C12H15N3O5. The molecule has 8 heteroatoms. The zero-order chi connectivity index (χ0) is 15.3. The Morgan fingerprint density at radius 3 is 2.70 bits per heavy atom. The third kappa shape index (κ3) is 3.67. The van der Waals surface area contributed by atoms with Gasteiger partial charge in [0.15, 0.2) is 0 Å². The lowest BCUT2D eigenvalue weighted by Gasteiger charge is -2.13. The van der Waals surface area contributed by atoms with Crippen LogP contribution in [0, 0.1) is 0 Å². The molecule has 1 rings (SSSR count). The molecular weight excluding hydrogens is 266 g/mol. The smallest absolute Gasteiger partial charge is 0.331 e. The Hall–Kier alpha value is -2.64. The van der Waals surface area contributed by atoms with Crippen molar-refractivity contribution in [3.63, 3.8) is 0 Å². The van der Waals surface area contributed by atoms with Gasteiger partial charge in [-0.1, -0.05) is 6.08 Å². The van der Waals surface area contributed by atoms with E-state index in [1.807, 2.05) is 0 Å². The minimum absolute atomic E-state index is 0.0727. The summed E-state index contributed by atoms with van der Waals surface area (Å²) in [6, 6.07) is 0.0517. The number of amides is 1. The van der Waals surface area contributed by atoms with Crippen molar-refractivity contribution in [3.05, 3.63) is 45.8 Å². The highest BCUT2D eigenvalue weighted by molar-refractivity contribution is 5.83. The van der Waals surface area contributed by atoms with Gasteiger partial charge in [-0.05, 0) is 6.42 Å². The topological polar surface area (TPSA) is 110 Å². The van der Waals surface area contributed by atoms with Crippen molar-refractivity contribution in [2.24, 2.45) is 7.05 Å². The molecule has 0 saturated heterocycles. The fourth-order valence-electron chi connectivity index (χ4n) is 1.52. The quantitative estimate of drug-likeness (QED) is 0.629. The average Bonchev–Trinajstić information content (AvgIpc) is 2.39. The van der Waals surface area contributed by atoms with E-state index >= 15 is 0 Å². The highest BCUT2D eigenvalue weighted by Gasteiger charge is 2.18. The molecule has 1 atom stereocenters. The van der Waals surface area contributed by atoms with Crippen molar-refractivity contribution < 1.29 is 14.7 Å². The van der Waals surface area contributed by atoms with E-state index in [0.29, 0.717) is 0 Å². The lowest BCUT2D eigenvalue weighted by atomic mass is 10.2. The summed E-state index contributed by atoms with van der Waals surface area (Å²) >= 11 is 0. The van der Waals surface area contributed by atoms with Gasteiger partial charge in [0.1, 0.15) is 12.6 Å². The van der Waals surface area contributed by atoms with Crippen LogP contribution in [0.15, 0.2) is 34.5 Å². The number of aliphatic carboxylic acids is 1. The van der Waals surface area contributed by atoms with Crippen molar-refractivity contribution in [3.8, 4) is 0 Å². The van der Waals surface area contributed by atoms with Crippen molar-refractivity contribution in [1.29, 1.82) is 0 Å². The van der Waals surface area contributed by atoms with Crippen LogP contribution in [0.4, 0.5) is 0 Å². The average molecular weight is 281 g/mol. The fraction of sp³-hybridized carbons (Fsp3) is 0.333. The van der Waals surface area contributed by atoms with Gasteiger partial charge in [-0.25, -0.2) is 9.59 Å². The first-order valence-corrected chi connectivity index (χ1v) is 5.76. The summed E-state index contributed by atoms with van der Waals surface area (Å²) in [5, 5.41) is 11.1. The van der Waals surface area contributed by atoms with E-state index in [2.05, 4.69) is 11.9 Å². The van der Waals surface area contributed by atoms with E-state index in [-0.39, 0.29) is 13.0 Å². The molecule has 2 N–H and O–H groups in total. The molecule has 0 aromatic carbocycles. The lowest BCUT2D eigenvalue weighted by molar-refractivity contribution is -0.141. The van der Waals surface area contributed by atoms with E-state index in [1.165, 1.54) is 19.3 Å². The summed E-state index contributed by atoms with van der Waals surface area (Å²) < 4.78 is 1.87. The number of rotatable bonds is 6. The van der Waals surface area contributed by atoms with Gasteiger partial charge >= 0.3 is 11.7 Å². The second-order valence-electron chi connectivity index (χ2n) is 4.11. The molecule has 20 heavy (non-hydrogen) atoms. The van der Waals surface area contributed by atoms with E-state index in [4.69, 9.17) is 5.11 Å². The molecule has 1 aromatic rings. The second kappa shape index (κ2) is 6.50. The maximum Gasteiger partial charge on any atom is 0.331 e. The highest BCUT2D eigenvalue weighted by Crippen LogP contribution is 1.93. The number of carbonyl (C=O) groups is 2. The van der Waals surface area contributed by atoms with Gasteiger partial charge in [0.25, 0.3) is 5.56 Å². The predicted molar refractivity (Wildman–Crippen MR) is 70.3 cm³/mol. The molecule has 0 radical (unpaired) electrons. The number of carboxylic acids is 1. The van der Waals surface area contributed by atoms with Crippen LogP contribution in [-0.4, -0.2) is 32.2 Å². The number of carbonyl (C=O) groups excluding carboxylic acids is 1. The van der Waals surface area contributed by atoms with Crippen LogP contribution < -0.4 is 16.6 Å². The zero-order valence-corrected chi connectivity index (χ0v) is 10.9. The van der Waals surface area contributed by atoms with E-state index in [9.17, 15) is 19.2 Å². The molecule has 8 nitrogen and oxygen atoms in total. The van der Waals surface area contributed by atoms with E-state index in [1.54, 1.807) is 0 Å². The number of hydrogen-bond donors (Lipinski definition) is 2. The van der Waals surface area contributed by atoms with Crippen LogP contribution in [0.2, 0.25) is 0 Å². The Morgan fingerprint density at radius 1 is 1.50 bits per heavy atom. The molecule has 0 spiro atoms. The number of nitrogens with one attached hydrogen (secondary N) is 1. The predicted octanol–water partition coefficient (Wildman–Crippen LogP) is -1.31. The summed E-state index contributed by atoms with van der Waals surface area (Å²) in [5.41, 5.74) is -1.13. The third-order valence-electron chi connectivity index (χ3n) is 2.61. The molecule has 0 saturated carbocycles. The highest BCUT2D eigenvalue weighted by atomic mass is 16.4. The van der Waals surface area contributed by atoms with Gasteiger partial charge in [0.05, 0.1) is 0 Å². The van der Waals surface area contributed by atoms with Crippen molar-refractivity contribution >= 4 is 11.9 Å². The SMILES string of the molecule is C=CCC(NC(=O)Cn1ccc(=O)n(C)c1=O)C(=O)O. The number of aromatic nitrogens is 2.